The zero-order chi connectivity index (χ0) is 61.9. The average Bonchev–Trinajstić information content (AvgIpc) is 3.57. The summed E-state index contributed by atoms with van der Waals surface area (Å²) in [4.78, 5) is 77.0. The summed E-state index contributed by atoms with van der Waals surface area (Å²) in [7, 11) is 0. The highest BCUT2D eigenvalue weighted by atomic mass is 16.6. The highest BCUT2D eigenvalue weighted by Gasteiger charge is 2.57. The van der Waals surface area contributed by atoms with E-state index in [0.717, 1.165) is 116 Å². The summed E-state index contributed by atoms with van der Waals surface area (Å²) in [6.07, 6.45) is 16.0. The third kappa shape index (κ3) is 18.9. The zero-order valence-electron chi connectivity index (χ0n) is 57.0. The standard InChI is InChI=1S/C72H126O10/c1-23-69(19,59(74)79-54-36-26-49(27-37-54)64(5,6)7)45-71(21,61(76)81-56-40-30-51(31-41-56)66(11,12)13)47-72(22,62(77)82-57-42-32-52(33-43-57)67(14,15)16)46-70(20,60(75)80-55-38-28-50(29-39-55)65(8,9)10)44-68(17,18)58(73)78-53-34-24-48(25-35-53)63(2,3)4/h48-57H,23-47H2,1-22H3. The summed E-state index contributed by atoms with van der Waals surface area (Å²) >= 11 is 0. The first kappa shape index (κ1) is 70.1. The lowest BCUT2D eigenvalue weighted by Crippen LogP contribution is -2.50. The Morgan fingerprint density at radius 2 is 0.427 bits per heavy atom. The van der Waals surface area contributed by atoms with Gasteiger partial charge in [-0.25, -0.2) is 0 Å². The van der Waals surface area contributed by atoms with Crippen LogP contribution in [0.15, 0.2) is 0 Å². The number of carbonyl (C=O) groups excluding carboxylic acids is 5. The van der Waals surface area contributed by atoms with Crippen LogP contribution in [0.25, 0.3) is 0 Å². The predicted molar refractivity (Wildman–Crippen MR) is 331 cm³/mol. The van der Waals surface area contributed by atoms with Gasteiger partial charge in [-0.2, -0.15) is 0 Å². The van der Waals surface area contributed by atoms with E-state index in [4.69, 9.17) is 23.7 Å². The van der Waals surface area contributed by atoms with Crippen LogP contribution in [0.5, 0.6) is 0 Å². The SMILES string of the molecule is CCC(C)(CC(C)(CC(C)(CC(C)(CC(C)(C)C(=O)OC1CCC(C(C)(C)C)CC1)C(=O)OC1CCC(C(C)(C)C)CC1)C(=O)OC1CCC(C(C)(C)C)CC1)C(=O)OC1CCC(C(C)(C)C)CC1)C(=O)OC1CCC(C(C)(C)C)CC1. The first-order valence-electron chi connectivity index (χ1n) is 33.5. The van der Waals surface area contributed by atoms with Gasteiger partial charge in [0.2, 0.25) is 0 Å². The zero-order valence-corrected chi connectivity index (χ0v) is 57.0. The van der Waals surface area contributed by atoms with Crippen LogP contribution >= 0.6 is 0 Å². The highest BCUT2D eigenvalue weighted by molar-refractivity contribution is 5.85. The Kier molecular flexibility index (Phi) is 22.9. The summed E-state index contributed by atoms with van der Waals surface area (Å²) in [5.41, 5.74) is -5.94. The van der Waals surface area contributed by atoms with Crippen molar-refractivity contribution < 1.29 is 47.7 Å². The Morgan fingerprint density at radius 3 is 0.622 bits per heavy atom. The van der Waals surface area contributed by atoms with Crippen molar-refractivity contribution in [2.75, 3.05) is 0 Å². The molecule has 0 bridgehead atoms. The smallest absolute Gasteiger partial charge is 0.312 e. The van der Waals surface area contributed by atoms with E-state index in [1.54, 1.807) is 0 Å². The lowest BCUT2D eigenvalue weighted by atomic mass is 9.59. The van der Waals surface area contributed by atoms with Crippen LogP contribution in [0.1, 0.15) is 313 Å². The maximum atomic E-state index is 15.9. The Bertz CT molecular complexity index is 2100. The molecule has 10 nitrogen and oxygen atoms in total. The van der Waals surface area contributed by atoms with Crippen molar-refractivity contribution >= 4 is 29.8 Å². The molecule has 4 unspecified atom stereocenters. The Morgan fingerprint density at radius 1 is 0.256 bits per heavy atom. The fourth-order valence-electron chi connectivity index (χ4n) is 16.3. The van der Waals surface area contributed by atoms with Gasteiger partial charge in [0.05, 0.1) is 27.1 Å². The minimum Gasteiger partial charge on any atom is -0.462 e. The van der Waals surface area contributed by atoms with Crippen LogP contribution in [0, 0.1) is 83.7 Å². The highest BCUT2D eigenvalue weighted by Crippen LogP contribution is 2.54. The van der Waals surface area contributed by atoms with E-state index in [0.29, 0.717) is 48.9 Å². The van der Waals surface area contributed by atoms with E-state index < -0.39 is 45.0 Å². The van der Waals surface area contributed by atoms with Gasteiger partial charge in [0.25, 0.3) is 0 Å². The normalized spacial score (nSPS) is 30.5. The minimum absolute atomic E-state index is 0.0422. The van der Waals surface area contributed by atoms with E-state index in [2.05, 4.69) is 104 Å². The second kappa shape index (κ2) is 26.8. The summed E-state index contributed by atoms with van der Waals surface area (Å²) < 4.78 is 33.1. The number of hydrogen-bond donors (Lipinski definition) is 0. The first-order valence-corrected chi connectivity index (χ1v) is 33.5. The van der Waals surface area contributed by atoms with Gasteiger partial charge in [0, 0.05) is 0 Å². The van der Waals surface area contributed by atoms with Crippen molar-refractivity contribution in [3.05, 3.63) is 0 Å². The van der Waals surface area contributed by atoms with Crippen molar-refractivity contribution in [2.45, 2.75) is 343 Å². The van der Waals surface area contributed by atoms with E-state index in [1.165, 1.54) is 0 Å². The predicted octanol–water partition coefficient (Wildman–Crippen LogP) is 18.7. The van der Waals surface area contributed by atoms with Gasteiger partial charge in [-0.15, -0.1) is 0 Å². The molecule has 0 aliphatic heterocycles. The number of ether oxygens (including phenoxy) is 5. The average molecular weight is 1150 g/mol. The lowest BCUT2D eigenvalue weighted by Gasteiger charge is -2.46. The van der Waals surface area contributed by atoms with Crippen LogP contribution in [0.2, 0.25) is 0 Å². The van der Waals surface area contributed by atoms with Crippen molar-refractivity contribution in [1.29, 1.82) is 0 Å². The second-order valence-electron chi connectivity index (χ2n) is 35.4. The van der Waals surface area contributed by atoms with Crippen molar-refractivity contribution in [3.63, 3.8) is 0 Å². The third-order valence-electron chi connectivity index (χ3n) is 22.3. The third-order valence-corrected chi connectivity index (χ3v) is 22.3. The monoisotopic (exact) mass is 1150 g/mol. The van der Waals surface area contributed by atoms with Crippen LogP contribution < -0.4 is 0 Å². The van der Waals surface area contributed by atoms with E-state index in [1.807, 2.05) is 48.5 Å². The fraction of sp³-hybridized carbons (Fsp3) is 0.931. The molecule has 5 aliphatic carbocycles. The molecule has 0 N–H and O–H groups in total. The van der Waals surface area contributed by atoms with Crippen molar-refractivity contribution in [2.24, 2.45) is 83.7 Å². The van der Waals surface area contributed by atoms with Crippen LogP contribution in [0.4, 0.5) is 0 Å². The van der Waals surface area contributed by atoms with Crippen molar-refractivity contribution in [1.82, 2.24) is 0 Å². The molecule has 5 aliphatic rings. The molecule has 82 heavy (non-hydrogen) atoms. The molecule has 5 rings (SSSR count). The molecule has 0 aromatic rings. The van der Waals surface area contributed by atoms with Gasteiger partial charge in [-0.1, -0.05) is 111 Å². The number of carbonyl (C=O) groups is 5. The quantitative estimate of drug-likeness (QED) is 0.0910. The van der Waals surface area contributed by atoms with Gasteiger partial charge in [-0.3, -0.25) is 24.0 Å². The molecule has 474 valence electrons. The van der Waals surface area contributed by atoms with Gasteiger partial charge in [-0.05, 0) is 259 Å². The Balaban J connectivity index is 1.58. The molecule has 0 heterocycles. The van der Waals surface area contributed by atoms with Gasteiger partial charge >= 0.3 is 29.8 Å². The summed E-state index contributed by atoms with van der Waals surface area (Å²) in [6, 6.07) is 0. The molecule has 0 saturated heterocycles. The second-order valence-corrected chi connectivity index (χ2v) is 35.4. The summed E-state index contributed by atoms with van der Waals surface area (Å²) in [5, 5.41) is 0. The largest absolute Gasteiger partial charge is 0.462 e. The topological polar surface area (TPSA) is 132 Å². The van der Waals surface area contributed by atoms with Crippen LogP contribution in [0.3, 0.4) is 0 Å². The number of esters is 5. The lowest BCUT2D eigenvalue weighted by molar-refractivity contribution is -0.182. The maximum Gasteiger partial charge on any atom is 0.312 e. The molecule has 0 aromatic carbocycles. The summed E-state index contributed by atoms with van der Waals surface area (Å²) in [5.74, 6) is 0.496. The first-order chi connectivity index (χ1) is 37.4. The molecule has 0 aromatic heterocycles. The fourth-order valence-corrected chi connectivity index (χ4v) is 16.3. The molecule has 0 amide bonds. The Hall–Kier alpha value is -2.65. The maximum absolute atomic E-state index is 15.9. The van der Waals surface area contributed by atoms with E-state index in [9.17, 15) is 9.59 Å². The molecule has 5 fully saturated rings. The van der Waals surface area contributed by atoms with E-state index >= 15 is 14.4 Å². The van der Waals surface area contributed by atoms with Gasteiger partial charge < -0.3 is 23.7 Å². The van der Waals surface area contributed by atoms with Crippen molar-refractivity contribution in [3.8, 4) is 0 Å². The molecule has 0 radical (unpaired) electrons. The van der Waals surface area contributed by atoms with Crippen LogP contribution in [-0.4, -0.2) is 60.4 Å². The molecule has 5 saturated carbocycles. The van der Waals surface area contributed by atoms with Gasteiger partial charge in [0.15, 0.2) is 0 Å². The number of rotatable bonds is 19. The molecular formula is C72H126O10. The van der Waals surface area contributed by atoms with E-state index in [-0.39, 0.29) is 95.2 Å². The molecule has 4 atom stereocenters. The number of hydrogen-bond acceptors (Lipinski definition) is 10. The van der Waals surface area contributed by atoms with Gasteiger partial charge in [0.1, 0.15) is 30.5 Å². The Labute approximate surface area is 502 Å². The molecule has 0 spiro atoms. The summed E-state index contributed by atoms with van der Waals surface area (Å²) in [6.45, 7) is 47.5. The van der Waals surface area contributed by atoms with Crippen LogP contribution in [-0.2, 0) is 47.7 Å². The molecule has 10 heteroatoms. The minimum atomic E-state index is -1.51. The molecular weight excluding hydrogens is 1020 g/mol.